The van der Waals surface area contributed by atoms with Crippen molar-refractivity contribution < 1.29 is 22.7 Å². The molecule has 1 heterocycles. The molecule has 1 fully saturated rings. The highest BCUT2D eigenvalue weighted by Crippen LogP contribution is 2.36. The van der Waals surface area contributed by atoms with Crippen LogP contribution in [0, 0.1) is 5.92 Å². The van der Waals surface area contributed by atoms with Crippen molar-refractivity contribution in [3.05, 3.63) is 70.9 Å². The average molecular weight is 601 g/mol. The van der Waals surface area contributed by atoms with Crippen LogP contribution in [-0.4, -0.2) is 42.1 Å². The van der Waals surface area contributed by atoms with Gasteiger partial charge in [-0.2, -0.15) is 5.10 Å². The number of carbonyl (C=O) groups is 2. The second kappa shape index (κ2) is 12.7. The standard InChI is InChI=1S/C30H37ClN4O5S/c1-30(2,3)40-29(37)32-23-11-7-10-21(16-23)19-35-15-14-27(34-35)33-28(36)24(17-20-8-5-6-9-20)22-12-13-26(25(31)18-22)41(4,38)39/h7,10-16,18,20,24H,5-6,8-9,17,19H2,1-4H3,(H,32,37)(H,33,34,36). The van der Waals surface area contributed by atoms with Gasteiger partial charge in [-0.15, -0.1) is 0 Å². The lowest BCUT2D eigenvalue weighted by Gasteiger charge is -2.21. The van der Waals surface area contributed by atoms with E-state index in [0.717, 1.165) is 37.5 Å². The fourth-order valence-corrected chi connectivity index (χ4v) is 6.43. The number of carbonyl (C=O) groups excluding carboxylic acids is 2. The maximum Gasteiger partial charge on any atom is 0.412 e. The van der Waals surface area contributed by atoms with E-state index in [1.807, 2.05) is 18.2 Å². The Hall–Kier alpha value is -3.37. The molecule has 2 aromatic carbocycles. The van der Waals surface area contributed by atoms with E-state index in [9.17, 15) is 18.0 Å². The molecule has 2 amide bonds. The molecular weight excluding hydrogens is 564 g/mol. The summed E-state index contributed by atoms with van der Waals surface area (Å²) in [4.78, 5) is 25.7. The summed E-state index contributed by atoms with van der Waals surface area (Å²) in [6, 6.07) is 13.8. The second-order valence-electron chi connectivity index (χ2n) is 11.6. The van der Waals surface area contributed by atoms with E-state index >= 15 is 0 Å². The number of nitrogens with zero attached hydrogens (tertiary/aromatic N) is 2. The summed E-state index contributed by atoms with van der Waals surface area (Å²) < 4.78 is 31.1. The lowest BCUT2D eigenvalue weighted by molar-refractivity contribution is -0.118. The summed E-state index contributed by atoms with van der Waals surface area (Å²) in [5, 5.41) is 10.3. The number of benzene rings is 2. The zero-order valence-electron chi connectivity index (χ0n) is 23.8. The topological polar surface area (TPSA) is 119 Å². The van der Waals surface area contributed by atoms with Crippen LogP contribution in [0.4, 0.5) is 16.3 Å². The van der Waals surface area contributed by atoms with Gasteiger partial charge < -0.3 is 10.1 Å². The molecule has 1 aliphatic carbocycles. The molecule has 2 N–H and O–H groups in total. The highest BCUT2D eigenvalue weighted by molar-refractivity contribution is 7.90. The molecule has 11 heteroatoms. The number of aromatic nitrogens is 2. The molecule has 9 nitrogen and oxygen atoms in total. The highest BCUT2D eigenvalue weighted by Gasteiger charge is 2.28. The van der Waals surface area contributed by atoms with E-state index in [1.54, 1.807) is 55.9 Å². The Morgan fingerprint density at radius 2 is 1.83 bits per heavy atom. The van der Waals surface area contributed by atoms with Crippen LogP contribution in [-0.2, 0) is 25.9 Å². The predicted molar refractivity (Wildman–Crippen MR) is 160 cm³/mol. The third-order valence-corrected chi connectivity index (χ3v) is 8.51. The zero-order valence-corrected chi connectivity index (χ0v) is 25.4. The molecule has 1 aromatic heterocycles. The summed E-state index contributed by atoms with van der Waals surface area (Å²) in [5.74, 6) is 0.116. The van der Waals surface area contributed by atoms with Crippen LogP contribution in [0.1, 0.15) is 69.9 Å². The smallest absolute Gasteiger partial charge is 0.412 e. The summed E-state index contributed by atoms with van der Waals surface area (Å²) in [7, 11) is -3.48. The monoisotopic (exact) mass is 600 g/mol. The SMILES string of the molecule is CC(C)(C)OC(=O)Nc1cccc(Cn2ccc(NC(=O)C(CC3CCCC3)c3ccc(S(C)(=O)=O)c(Cl)c3)n2)c1. The number of ether oxygens (including phenoxy) is 1. The minimum absolute atomic E-state index is 0.0482. The summed E-state index contributed by atoms with van der Waals surface area (Å²) >= 11 is 6.33. The number of amides is 2. The largest absolute Gasteiger partial charge is 0.444 e. The van der Waals surface area contributed by atoms with Crippen molar-refractivity contribution in [2.24, 2.45) is 5.92 Å². The van der Waals surface area contributed by atoms with Crippen molar-refractivity contribution in [2.75, 3.05) is 16.9 Å². The van der Waals surface area contributed by atoms with Gasteiger partial charge in [-0.25, -0.2) is 13.2 Å². The number of nitrogens with one attached hydrogen (secondary N) is 2. The van der Waals surface area contributed by atoms with Gasteiger partial charge >= 0.3 is 6.09 Å². The van der Waals surface area contributed by atoms with Crippen LogP contribution in [0.3, 0.4) is 0 Å². The fourth-order valence-electron chi connectivity index (χ4n) is 5.09. The third-order valence-electron chi connectivity index (χ3n) is 6.93. The van der Waals surface area contributed by atoms with Crippen molar-refractivity contribution in [1.82, 2.24) is 9.78 Å². The van der Waals surface area contributed by atoms with E-state index < -0.39 is 27.4 Å². The van der Waals surface area contributed by atoms with Crippen molar-refractivity contribution in [2.45, 2.75) is 75.8 Å². The minimum Gasteiger partial charge on any atom is -0.444 e. The first kappa shape index (κ1) is 30.6. The van der Waals surface area contributed by atoms with Crippen LogP contribution in [0.2, 0.25) is 5.02 Å². The van der Waals surface area contributed by atoms with Crippen LogP contribution >= 0.6 is 11.6 Å². The predicted octanol–water partition coefficient (Wildman–Crippen LogP) is 6.64. The molecule has 0 radical (unpaired) electrons. The van der Waals surface area contributed by atoms with E-state index in [1.165, 1.54) is 6.07 Å². The first-order valence-corrected chi connectivity index (χ1v) is 16.0. The molecule has 3 aromatic rings. The number of halogens is 1. The van der Waals surface area contributed by atoms with Gasteiger partial charge in [-0.05, 0) is 68.5 Å². The molecule has 0 spiro atoms. The molecule has 4 rings (SSSR count). The van der Waals surface area contributed by atoms with Crippen molar-refractivity contribution in [1.29, 1.82) is 0 Å². The number of hydrogen-bond acceptors (Lipinski definition) is 6. The van der Waals surface area contributed by atoms with E-state index in [4.69, 9.17) is 16.3 Å². The van der Waals surface area contributed by atoms with Crippen LogP contribution in [0.25, 0.3) is 0 Å². The van der Waals surface area contributed by atoms with Gasteiger partial charge in [0, 0.05) is 24.2 Å². The number of anilines is 2. The molecule has 0 saturated heterocycles. The van der Waals surface area contributed by atoms with Crippen molar-refractivity contribution in [3.63, 3.8) is 0 Å². The first-order valence-electron chi connectivity index (χ1n) is 13.7. The van der Waals surface area contributed by atoms with Gasteiger partial charge in [0.1, 0.15) is 5.60 Å². The maximum absolute atomic E-state index is 13.5. The minimum atomic E-state index is -3.48. The molecule has 1 unspecified atom stereocenters. The zero-order chi connectivity index (χ0) is 29.8. The van der Waals surface area contributed by atoms with Gasteiger partial charge in [0.25, 0.3) is 0 Å². The number of sulfone groups is 1. The Morgan fingerprint density at radius 1 is 1.10 bits per heavy atom. The molecule has 1 atom stereocenters. The summed E-state index contributed by atoms with van der Waals surface area (Å²) in [5.41, 5.74) is 1.59. The molecule has 0 bridgehead atoms. The van der Waals surface area contributed by atoms with E-state index in [2.05, 4.69) is 15.7 Å². The Labute approximate surface area is 246 Å². The number of rotatable bonds is 9. The van der Waals surface area contributed by atoms with Crippen LogP contribution < -0.4 is 10.6 Å². The normalized spacial score (nSPS) is 15.0. The second-order valence-corrected chi connectivity index (χ2v) is 14.0. The third kappa shape index (κ3) is 8.81. The highest BCUT2D eigenvalue weighted by atomic mass is 35.5. The van der Waals surface area contributed by atoms with E-state index in [-0.39, 0.29) is 15.8 Å². The Morgan fingerprint density at radius 3 is 2.49 bits per heavy atom. The van der Waals surface area contributed by atoms with Crippen LogP contribution in [0.5, 0.6) is 0 Å². The molecule has 41 heavy (non-hydrogen) atoms. The Kier molecular flexibility index (Phi) is 9.44. The lowest BCUT2D eigenvalue weighted by atomic mass is 9.87. The number of hydrogen-bond donors (Lipinski definition) is 2. The summed E-state index contributed by atoms with van der Waals surface area (Å²) in [6.07, 6.45) is 7.42. The quantitative estimate of drug-likeness (QED) is 0.284. The maximum atomic E-state index is 13.5. The first-order chi connectivity index (χ1) is 19.3. The average Bonchev–Trinajstić information content (AvgIpc) is 3.52. The molecule has 1 aliphatic rings. The van der Waals surface area contributed by atoms with Gasteiger partial charge in [-0.1, -0.05) is 55.5 Å². The lowest BCUT2D eigenvalue weighted by Crippen LogP contribution is -2.27. The van der Waals surface area contributed by atoms with Crippen LogP contribution in [0.15, 0.2) is 59.6 Å². The van der Waals surface area contributed by atoms with Crippen molar-refractivity contribution in [3.8, 4) is 0 Å². The fraction of sp³-hybridized carbons (Fsp3) is 0.433. The Bertz CT molecular complexity index is 1510. The molecule has 220 valence electrons. The van der Waals surface area contributed by atoms with Gasteiger partial charge in [0.05, 0.1) is 22.4 Å². The molecule has 0 aliphatic heterocycles. The Balaban J connectivity index is 1.46. The van der Waals surface area contributed by atoms with Crippen molar-refractivity contribution >= 4 is 44.9 Å². The summed E-state index contributed by atoms with van der Waals surface area (Å²) in [6.45, 7) is 5.83. The van der Waals surface area contributed by atoms with Gasteiger partial charge in [-0.3, -0.25) is 14.8 Å². The van der Waals surface area contributed by atoms with E-state index in [0.29, 0.717) is 36.0 Å². The van der Waals surface area contributed by atoms with Gasteiger partial charge in [0.2, 0.25) is 5.91 Å². The molecular formula is C30H37ClN4O5S. The van der Waals surface area contributed by atoms with Gasteiger partial charge in [0.15, 0.2) is 15.7 Å². The molecule has 1 saturated carbocycles.